The first-order chi connectivity index (χ1) is 13.7. The molecular weight excluding hydrogens is 481 g/mol. The van der Waals surface area contributed by atoms with Crippen molar-refractivity contribution in [2.24, 2.45) is 10.4 Å². The van der Waals surface area contributed by atoms with Crippen molar-refractivity contribution in [2.75, 3.05) is 46.6 Å². The van der Waals surface area contributed by atoms with Gasteiger partial charge in [-0.15, -0.1) is 24.0 Å². The summed E-state index contributed by atoms with van der Waals surface area (Å²) in [6, 6.07) is 8.06. The number of nitrogens with zero attached hydrogens (tertiary/aromatic N) is 1. The zero-order valence-corrected chi connectivity index (χ0v) is 20.5. The highest BCUT2D eigenvalue weighted by atomic mass is 127. The van der Waals surface area contributed by atoms with Gasteiger partial charge in [-0.1, -0.05) is 12.1 Å². The summed E-state index contributed by atoms with van der Waals surface area (Å²) < 4.78 is 16.2. The Bertz CT molecular complexity index is 577. The van der Waals surface area contributed by atoms with Crippen LogP contribution >= 0.6 is 24.0 Å². The summed E-state index contributed by atoms with van der Waals surface area (Å²) in [4.78, 5) is 4.78. The molecule has 0 unspecified atom stereocenters. The van der Waals surface area contributed by atoms with Crippen molar-refractivity contribution < 1.29 is 14.2 Å². The number of halogens is 1. The molecule has 1 aromatic rings. The molecular formula is C22H38IN3O3. The lowest BCUT2D eigenvalue weighted by molar-refractivity contribution is 0.128. The van der Waals surface area contributed by atoms with Crippen LogP contribution in [-0.2, 0) is 16.0 Å². The summed E-state index contributed by atoms with van der Waals surface area (Å²) in [6.07, 6.45) is 4.61. The van der Waals surface area contributed by atoms with Crippen molar-refractivity contribution in [1.82, 2.24) is 10.6 Å². The SMILES string of the molecule is CCOCCCNC(=NCc1ccc(OC)cc1)NCC1(CCOCC)CC1.I. The van der Waals surface area contributed by atoms with Gasteiger partial charge in [0, 0.05) is 39.5 Å². The molecule has 0 radical (unpaired) electrons. The second kappa shape index (κ2) is 14.8. The standard InChI is InChI=1S/C22H37N3O3.HI/c1-4-27-15-6-14-23-21(24-17-19-7-9-20(26-3)10-8-19)25-18-22(11-12-22)13-16-28-5-2;/h7-10H,4-6,11-18H2,1-3H3,(H2,23,24,25);1H. The molecule has 0 spiro atoms. The third kappa shape index (κ3) is 10.5. The quantitative estimate of drug-likeness (QED) is 0.169. The summed E-state index contributed by atoms with van der Waals surface area (Å²) in [7, 11) is 1.68. The van der Waals surface area contributed by atoms with Crippen LogP contribution in [0.1, 0.15) is 45.1 Å². The molecule has 7 heteroatoms. The van der Waals surface area contributed by atoms with Crippen LogP contribution in [0, 0.1) is 5.41 Å². The maximum Gasteiger partial charge on any atom is 0.191 e. The van der Waals surface area contributed by atoms with E-state index in [1.54, 1.807) is 7.11 Å². The van der Waals surface area contributed by atoms with E-state index in [0.717, 1.165) is 69.6 Å². The molecule has 6 nitrogen and oxygen atoms in total. The molecule has 1 saturated carbocycles. The average molecular weight is 519 g/mol. The minimum Gasteiger partial charge on any atom is -0.497 e. The van der Waals surface area contributed by atoms with Crippen molar-refractivity contribution in [3.8, 4) is 5.75 Å². The van der Waals surface area contributed by atoms with Gasteiger partial charge in [0.05, 0.1) is 13.7 Å². The van der Waals surface area contributed by atoms with Gasteiger partial charge in [-0.2, -0.15) is 0 Å². The number of ether oxygens (including phenoxy) is 3. The molecule has 166 valence electrons. The molecule has 0 aromatic heterocycles. The van der Waals surface area contributed by atoms with E-state index in [1.165, 1.54) is 12.8 Å². The van der Waals surface area contributed by atoms with Crippen molar-refractivity contribution in [2.45, 2.75) is 46.1 Å². The van der Waals surface area contributed by atoms with Crippen LogP contribution < -0.4 is 15.4 Å². The molecule has 2 N–H and O–H groups in total. The molecule has 0 bridgehead atoms. The van der Waals surface area contributed by atoms with Crippen molar-refractivity contribution >= 4 is 29.9 Å². The average Bonchev–Trinajstić information content (AvgIpc) is 3.50. The van der Waals surface area contributed by atoms with Crippen molar-refractivity contribution in [3.63, 3.8) is 0 Å². The Hall–Kier alpha value is -1.06. The van der Waals surface area contributed by atoms with Crippen molar-refractivity contribution in [1.29, 1.82) is 0 Å². The van der Waals surface area contributed by atoms with E-state index >= 15 is 0 Å². The highest BCUT2D eigenvalue weighted by Crippen LogP contribution is 2.48. The minimum absolute atomic E-state index is 0. The molecule has 0 atom stereocenters. The normalized spacial score (nSPS) is 14.8. The molecule has 1 fully saturated rings. The maximum atomic E-state index is 5.55. The Balaban J connectivity index is 0.00000420. The van der Waals surface area contributed by atoms with Gasteiger partial charge in [0.25, 0.3) is 0 Å². The summed E-state index contributed by atoms with van der Waals surface area (Å²) in [5.41, 5.74) is 1.54. The Morgan fingerprint density at radius 2 is 1.72 bits per heavy atom. The van der Waals surface area contributed by atoms with E-state index in [1.807, 2.05) is 26.0 Å². The van der Waals surface area contributed by atoms with Gasteiger partial charge >= 0.3 is 0 Å². The zero-order valence-electron chi connectivity index (χ0n) is 18.2. The fourth-order valence-corrected chi connectivity index (χ4v) is 3.00. The number of benzene rings is 1. The number of guanidine groups is 1. The van der Waals surface area contributed by atoms with E-state index < -0.39 is 0 Å². The minimum atomic E-state index is 0. The first-order valence-corrected chi connectivity index (χ1v) is 10.5. The van der Waals surface area contributed by atoms with Gasteiger partial charge in [-0.3, -0.25) is 0 Å². The fourth-order valence-electron chi connectivity index (χ4n) is 3.00. The van der Waals surface area contributed by atoms with Gasteiger partial charge < -0.3 is 24.8 Å². The predicted octanol–water partition coefficient (Wildman–Crippen LogP) is 3.98. The summed E-state index contributed by atoms with van der Waals surface area (Å²) >= 11 is 0. The van der Waals surface area contributed by atoms with E-state index in [-0.39, 0.29) is 24.0 Å². The van der Waals surface area contributed by atoms with Gasteiger partial charge in [0.15, 0.2) is 5.96 Å². The van der Waals surface area contributed by atoms with Crippen LogP contribution in [0.2, 0.25) is 0 Å². The summed E-state index contributed by atoms with van der Waals surface area (Å²) in [5, 5.41) is 6.99. The molecule has 0 aliphatic heterocycles. The highest BCUT2D eigenvalue weighted by Gasteiger charge is 2.41. The Labute approximate surface area is 193 Å². The maximum absolute atomic E-state index is 5.55. The number of nitrogens with one attached hydrogen (secondary N) is 2. The Kier molecular flexibility index (Phi) is 13.3. The fraction of sp³-hybridized carbons (Fsp3) is 0.682. The van der Waals surface area contributed by atoms with Crippen LogP contribution in [0.4, 0.5) is 0 Å². The van der Waals surface area contributed by atoms with E-state index in [4.69, 9.17) is 19.2 Å². The van der Waals surface area contributed by atoms with E-state index in [9.17, 15) is 0 Å². The first-order valence-electron chi connectivity index (χ1n) is 10.5. The van der Waals surface area contributed by atoms with Crippen LogP contribution in [0.5, 0.6) is 5.75 Å². The summed E-state index contributed by atoms with van der Waals surface area (Å²) in [5.74, 6) is 1.74. The van der Waals surface area contributed by atoms with Gasteiger partial charge in [-0.25, -0.2) is 4.99 Å². The second-order valence-corrected chi connectivity index (χ2v) is 7.29. The lowest BCUT2D eigenvalue weighted by atomic mass is 10.0. The third-order valence-corrected chi connectivity index (χ3v) is 5.11. The van der Waals surface area contributed by atoms with Crippen molar-refractivity contribution in [3.05, 3.63) is 29.8 Å². The van der Waals surface area contributed by atoms with Crippen LogP contribution in [0.3, 0.4) is 0 Å². The Morgan fingerprint density at radius 3 is 2.34 bits per heavy atom. The molecule has 0 saturated heterocycles. The van der Waals surface area contributed by atoms with Gasteiger partial charge in [0.1, 0.15) is 5.75 Å². The highest BCUT2D eigenvalue weighted by molar-refractivity contribution is 14.0. The zero-order chi connectivity index (χ0) is 20.1. The lowest BCUT2D eigenvalue weighted by Crippen LogP contribution is -2.41. The lowest BCUT2D eigenvalue weighted by Gasteiger charge is -2.19. The number of methoxy groups -OCH3 is 1. The molecule has 1 aromatic carbocycles. The molecule has 29 heavy (non-hydrogen) atoms. The topological polar surface area (TPSA) is 64.1 Å². The molecule has 0 heterocycles. The van der Waals surface area contributed by atoms with E-state index in [2.05, 4.69) is 22.8 Å². The number of aliphatic imine (C=N–C) groups is 1. The van der Waals surface area contributed by atoms with Gasteiger partial charge in [-0.05, 0) is 62.6 Å². The number of hydrogen-bond acceptors (Lipinski definition) is 4. The van der Waals surface area contributed by atoms with Gasteiger partial charge in [0.2, 0.25) is 0 Å². The van der Waals surface area contributed by atoms with E-state index in [0.29, 0.717) is 12.0 Å². The van der Waals surface area contributed by atoms with Crippen LogP contribution in [0.25, 0.3) is 0 Å². The number of hydrogen-bond donors (Lipinski definition) is 2. The van der Waals surface area contributed by atoms with Crippen LogP contribution in [0.15, 0.2) is 29.3 Å². The molecule has 1 aliphatic carbocycles. The second-order valence-electron chi connectivity index (χ2n) is 7.29. The van der Waals surface area contributed by atoms with Crippen LogP contribution in [-0.4, -0.2) is 52.6 Å². The predicted molar refractivity (Wildman–Crippen MR) is 129 cm³/mol. The monoisotopic (exact) mass is 519 g/mol. The molecule has 1 aliphatic rings. The smallest absolute Gasteiger partial charge is 0.191 e. The summed E-state index contributed by atoms with van der Waals surface area (Å²) in [6.45, 7) is 9.67. The first kappa shape index (κ1) is 26.0. The molecule has 0 amide bonds. The largest absolute Gasteiger partial charge is 0.497 e. The Morgan fingerprint density at radius 1 is 1.03 bits per heavy atom. The molecule has 2 rings (SSSR count). The number of rotatable bonds is 14. The third-order valence-electron chi connectivity index (χ3n) is 5.11.